The van der Waals surface area contributed by atoms with Crippen molar-refractivity contribution in [2.75, 3.05) is 66.9 Å². The first kappa shape index (κ1) is 37.0. The lowest BCUT2D eigenvalue weighted by Crippen LogP contribution is -2.27. The minimum atomic E-state index is -0.463. The Morgan fingerprint density at radius 2 is 1.26 bits per heavy atom. The molecule has 10 nitrogen and oxygen atoms in total. The number of unbranched alkanes of at least 4 members (excludes halogenated alkanes) is 1. The Morgan fingerprint density at radius 1 is 0.717 bits per heavy atom. The highest BCUT2D eigenvalue weighted by Gasteiger charge is 2.30. The van der Waals surface area contributed by atoms with Gasteiger partial charge in [-0.2, -0.15) is 0 Å². The van der Waals surface area contributed by atoms with Crippen LogP contribution in [0, 0.1) is 0 Å². The van der Waals surface area contributed by atoms with Crippen LogP contribution in [-0.2, 0) is 41.4 Å². The molecule has 2 aromatic carbocycles. The summed E-state index contributed by atoms with van der Waals surface area (Å²) >= 11 is 0. The van der Waals surface area contributed by atoms with Crippen LogP contribution < -0.4 is 16.0 Å². The van der Waals surface area contributed by atoms with Crippen molar-refractivity contribution >= 4 is 17.9 Å². The van der Waals surface area contributed by atoms with Crippen LogP contribution in [0.3, 0.4) is 0 Å². The zero-order chi connectivity index (χ0) is 33.0. The first-order chi connectivity index (χ1) is 22.5. The number of hydrogen-bond donors (Lipinski definition) is 3. The number of aryl methyl sites for hydroxylation is 2. The van der Waals surface area contributed by atoms with E-state index < -0.39 is 6.09 Å². The summed E-state index contributed by atoms with van der Waals surface area (Å²) in [4.78, 5) is 36.6. The SMILES string of the molecule is CCCCOCCNC(=O)CCCc1ccc2c(c1)C(COC(=O)NC)c1cc(CCCC(=O)NCCOCCCOC)ccc1-2. The molecule has 0 saturated carbocycles. The van der Waals surface area contributed by atoms with Crippen LogP contribution in [-0.4, -0.2) is 84.8 Å². The van der Waals surface area contributed by atoms with Crippen LogP contribution in [0.2, 0.25) is 0 Å². The number of amides is 3. The fourth-order valence-corrected chi connectivity index (χ4v) is 5.54. The second-order valence-corrected chi connectivity index (χ2v) is 11.6. The number of carbonyl (C=O) groups excluding carboxylic acids is 3. The smallest absolute Gasteiger partial charge is 0.406 e. The zero-order valence-corrected chi connectivity index (χ0v) is 27.9. The van der Waals surface area contributed by atoms with Gasteiger partial charge in [0.25, 0.3) is 0 Å². The number of fused-ring (bicyclic) bond motifs is 3. The molecule has 0 bridgehead atoms. The molecule has 46 heavy (non-hydrogen) atoms. The normalized spacial score (nSPS) is 13.2. The highest BCUT2D eigenvalue weighted by atomic mass is 16.5. The maximum atomic E-state index is 12.3. The van der Waals surface area contributed by atoms with Gasteiger partial charge in [-0.15, -0.1) is 0 Å². The van der Waals surface area contributed by atoms with Crippen molar-refractivity contribution in [1.82, 2.24) is 16.0 Å². The lowest BCUT2D eigenvalue weighted by Gasteiger charge is -2.15. The third kappa shape index (κ3) is 12.7. The van der Waals surface area contributed by atoms with Gasteiger partial charge in [-0.05, 0) is 71.9 Å². The van der Waals surface area contributed by atoms with E-state index in [1.54, 1.807) is 14.2 Å². The Kier molecular flexibility index (Phi) is 17.2. The fourth-order valence-electron chi connectivity index (χ4n) is 5.54. The summed E-state index contributed by atoms with van der Waals surface area (Å²) in [6.07, 6.45) is 6.43. The highest BCUT2D eigenvalue weighted by Crippen LogP contribution is 2.46. The minimum Gasteiger partial charge on any atom is -0.449 e. The second-order valence-electron chi connectivity index (χ2n) is 11.6. The van der Waals surface area contributed by atoms with E-state index in [0.717, 1.165) is 84.9 Å². The third-order valence-corrected chi connectivity index (χ3v) is 8.01. The maximum absolute atomic E-state index is 12.3. The second kappa shape index (κ2) is 21.3. The molecule has 3 amide bonds. The van der Waals surface area contributed by atoms with Crippen molar-refractivity contribution in [3.63, 3.8) is 0 Å². The molecule has 0 aliphatic heterocycles. The van der Waals surface area contributed by atoms with Gasteiger partial charge in [0.1, 0.15) is 6.61 Å². The first-order valence-corrected chi connectivity index (χ1v) is 16.7. The summed E-state index contributed by atoms with van der Waals surface area (Å²) in [6.45, 7) is 6.44. The number of methoxy groups -OCH3 is 1. The Morgan fingerprint density at radius 3 is 1.76 bits per heavy atom. The summed E-state index contributed by atoms with van der Waals surface area (Å²) in [5.41, 5.74) is 6.84. The van der Waals surface area contributed by atoms with E-state index in [2.05, 4.69) is 59.3 Å². The van der Waals surface area contributed by atoms with Gasteiger partial charge in [0.15, 0.2) is 0 Å². The zero-order valence-electron chi connectivity index (χ0n) is 27.9. The van der Waals surface area contributed by atoms with Crippen LogP contribution in [0.25, 0.3) is 11.1 Å². The van der Waals surface area contributed by atoms with Crippen molar-refractivity contribution in [1.29, 1.82) is 0 Å². The summed E-state index contributed by atoms with van der Waals surface area (Å²) < 4.78 is 21.6. The number of ether oxygens (including phenoxy) is 4. The molecule has 0 saturated heterocycles. The van der Waals surface area contributed by atoms with E-state index in [4.69, 9.17) is 18.9 Å². The molecule has 0 heterocycles. The van der Waals surface area contributed by atoms with E-state index in [-0.39, 0.29) is 24.3 Å². The quantitative estimate of drug-likeness (QED) is 0.148. The number of carbonyl (C=O) groups is 3. The van der Waals surface area contributed by atoms with Gasteiger partial charge in [-0.1, -0.05) is 49.7 Å². The van der Waals surface area contributed by atoms with Crippen LogP contribution in [0.4, 0.5) is 4.79 Å². The molecule has 1 aliphatic carbocycles. The van der Waals surface area contributed by atoms with E-state index in [1.807, 2.05) is 0 Å². The first-order valence-electron chi connectivity index (χ1n) is 16.7. The molecule has 1 aliphatic rings. The van der Waals surface area contributed by atoms with Gasteiger partial charge in [0.2, 0.25) is 11.8 Å². The van der Waals surface area contributed by atoms with Crippen LogP contribution in [0.15, 0.2) is 36.4 Å². The van der Waals surface area contributed by atoms with Crippen molar-refractivity contribution in [2.45, 2.75) is 70.6 Å². The number of alkyl carbamates (subject to hydrolysis) is 1. The predicted molar refractivity (Wildman–Crippen MR) is 179 cm³/mol. The number of rotatable bonds is 23. The van der Waals surface area contributed by atoms with Crippen molar-refractivity contribution in [2.24, 2.45) is 0 Å². The van der Waals surface area contributed by atoms with Crippen molar-refractivity contribution in [3.8, 4) is 11.1 Å². The Balaban J connectivity index is 1.53. The average molecular weight is 640 g/mol. The summed E-state index contributed by atoms with van der Waals surface area (Å²) in [7, 11) is 3.22. The lowest BCUT2D eigenvalue weighted by molar-refractivity contribution is -0.122. The van der Waals surface area contributed by atoms with E-state index in [9.17, 15) is 14.4 Å². The van der Waals surface area contributed by atoms with E-state index in [1.165, 1.54) is 0 Å². The Labute approximate surface area is 274 Å². The summed E-state index contributed by atoms with van der Waals surface area (Å²) in [5.74, 6) is -0.0324. The summed E-state index contributed by atoms with van der Waals surface area (Å²) in [5, 5.41) is 8.39. The maximum Gasteiger partial charge on any atom is 0.406 e. The van der Waals surface area contributed by atoms with Crippen LogP contribution in [0.5, 0.6) is 0 Å². The molecule has 0 radical (unpaired) electrons. The van der Waals surface area contributed by atoms with Crippen molar-refractivity contribution in [3.05, 3.63) is 58.7 Å². The van der Waals surface area contributed by atoms with E-state index >= 15 is 0 Å². The molecule has 3 N–H and O–H groups in total. The number of nitrogens with one attached hydrogen (secondary N) is 3. The molecule has 1 unspecified atom stereocenters. The molecule has 0 aromatic heterocycles. The third-order valence-electron chi connectivity index (χ3n) is 8.01. The van der Waals surface area contributed by atoms with Crippen LogP contribution in [0.1, 0.15) is 80.0 Å². The molecule has 2 aromatic rings. The average Bonchev–Trinajstić information content (AvgIpc) is 3.36. The van der Waals surface area contributed by atoms with Crippen molar-refractivity contribution < 1.29 is 33.3 Å². The number of benzene rings is 2. The highest BCUT2D eigenvalue weighted by molar-refractivity contribution is 5.80. The molecular weight excluding hydrogens is 586 g/mol. The monoisotopic (exact) mass is 639 g/mol. The van der Waals surface area contributed by atoms with Gasteiger partial charge >= 0.3 is 6.09 Å². The van der Waals surface area contributed by atoms with Gasteiger partial charge < -0.3 is 34.9 Å². The summed E-state index contributed by atoms with van der Waals surface area (Å²) in [6, 6.07) is 12.9. The Hall–Kier alpha value is -3.47. The van der Waals surface area contributed by atoms with Gasteiger partial charge in [-0.3, -0.25) is 9.59 Å². The number of hydrogen-bond acceptors (Lipinski definition) is 7. The lowest BCUT2D eigenvalue weighted by atomic mass is 9.94. The Bertz CT molecular complexity index is 1240. The minimum absolute atomic E-state index is 0.0207. The molecule has 254 valence electrons. The molecule has 1 atom stereocenters. The predicted octanol–water partition coefficient (Wildman–Crippen LogP) is 4.90. The molecule has 10 heteroatoms. The topological polar surface area (TPSA) is 124 Å². The molecule has 0 fully saturated rings. The van der Waals surface area contributed by atoms with E-state index in [0.29, 0.717) is 52.4 Å². The molecule has 3 rings (SSSR count). The standard InChI is InChI=1S/C36H53N3O7/c1-4-5-20-44-22-17-38-34(40)11-6-9-27-13-15-29-30-16-14-28(10-7-12-35(41)39-18-23-45-21-8-19-43-3)25-32(30)33(31(29)24-27)26-46-36(42)37-2/h13-16,24-25,33H,4-12,17-23,26H2,1-3H3,(H,37,42)(H,38,40)(H,39,41). The molecule has 0 spiro atoms. The van der Waals surface area contributed by atoms with Crippen LogP contribution >= 0.6 is 0 Å². The molecular formula is C36H53N3O7. The van der Waals surface area contributed by atoms with Gasteiger partial charge in [-0.25, -0.2) is 4.79 Å². The largest absolute Gasteiger partial charge is 0.449 e. The van der Waals surface area contributed by atoms with Gasteiger partial charge in [0.05, 0.1) is 13.2 Å². The van der Waals surface area contributed by atoms with Gasteiger partial charge in [0, 0.05) is 65.8 Å². The fraction of sp³-hybridized carbons (Fsp3) is 0.583.